The average molecular weight is 608 g/mol. The molecule has 5 heterocycles. The molecule has 6 heteroatoms. The van der Waals surface area contributed by atoms with Crippen LogP contribution in [-0.4, -0.2) is 23.8 Å². The van der Waals surface area contributed by atoms with E-state index in [1.165, 1.54) is 16.5 Å². The second-order valence-corrected chi connectivity index (χ2v) is 13.4. The van der Waals surface area contributed by atoms with Crippen LogP contribution in [0.5, 0.6) is 11.5 Å². The summed E-state index contributed by atoms with van der Waals surface area (Å²) < 4.78 is 11.2. The number of para-hydroxylation sites is 5. The molecule has 5 aromatic heterocycles. The number of fused-ring (bicyclic) bond motifs is 16. The van der Waals surface area contributed by atoms with Crippen molar-refractivity contribution in [2.24, 2.45) is 0 Å². The zero-order valence-electron chi connectivity index (χ0n) is 26.2. The van der Waals surface area contributed by atoms with Crippen LogP contribution in [0.25, 0.3) is 76.8 Å². The number of hydrogen-bond acceptors (Lipinski definition) is 4. The standard InChI is InChI=1S/C41H29N5O/c1-41(2,3)31-11-8-10-28-26-19-17-24(22-29(26)40-44-33-13-5-7-15-35(33)46(40)38(28)31)47-25-18-20-27-30(23-25)39-43-32-12-4-6-14-34(32)45(39)36-16-9-21-42-37(27)36/h4-23H,1-3H3. The van der Waals surface area contributed by atoms with Gasteiger partial charge < -0.3 is 4.74 Å². The summed E-state index contributed by atoms with van der Waals surface area (Å²) in [5.74, 6) is 1.49. The predicted octanol–water partition coefficient (Wildman–Crippen LogP) is 10.4. The molecule has 47 heavy (non-hydrogen) atoms. The van der Waals surface area contributed by atoms with Gasteiger partial charge in [0.15, 0.2) is 0 Å². The number of imidazole rings is 2. The smallest absolute Gasteiger partial charge is 0.146 e. The van der Waals surface area contributed by atoms with Crippen LogP contribution in [0.1, 0.15) is 26.3 Å². The van der Waals surface area contributed by atoms with E-state index in [0.717, 1.165) is 77.4 Å². The molecule has 0 radical (unpaired) electrons. The summed E-state index contributed by atoms with van der Waals surface area (Å²) in [6, 6.07) is 39.9. The number of benzene rings is 5. The highest BCUT2D eigenvalue weighted by Crippen LogP contribution is 2.40. The first-order valence-electron chi connectivity index (χ1n) is 16.0. The van der Waals surface area contributed by atoms with Gasteiger partial charge in [-0.1, -0.05) is 63.2 Å². The molecule has 0 atom stereocenters. The van der Waals surface area contributed by atoms with Crippen molar-refractivity contribution in [1.29, 1.82) is 0 Å². The number of ether oxygens (including phenoxy) is 1. The van der Waals surface area contributed by atoms with Gasteiger partial charge in [0, 0.05) is 27.7 Å². The van der Waals surface area contributed by atoms with Crippen LogP contribution in [0.15, 0.2) is 121 Å². The molecule has 0 spiro atoms. The van der Waals surface area contributed by atoms with Crippen molar-refractivity contribution < 1.29 is 4.74 Å². The van der Waals surface area contributed by atoms with Gasteiger partial charge >= 0.3 is 0 Å². The van der Waals surface area contributed by atoms with Gasteiger partial charge in [-0.05, 0) is 89.2 Å². The van der Waals surface area contributed by atoms with Gasteiger partial charge in [0.25, 0.3) is 0 Å². The maximum absolute atomic E-state index is 6.65. The number of nitrogens with zero attached hydrogens (tertiary/aromatic N) is 5. The Kier molecular flexibility index (Phi) is 5.17. The molecule has 224 valence electrons. The van der Waals surface area contributed by atoms with Crippen LogP contribution in [-0.2, 0) is 5.41 Å². The van der Waals surface area contributed by atoms with Gasteiger partial charge in [-0.2, -0.15) is 0 Å². The van der Waals surface area contributed by atoms with Gasteiger partial charge in [0.05, 0.1) is 38.6 Å². The van der Waals surface area contributed by atoms with Gasteiger partial charge in [0.2, 0.25) is 0 Å². The van der Waals surface area contributed by atoms with Gasteiger partial charge in [-0.3, -0.25) is 13.8 Å². The maximum Gasteiger partial charge on any atom is 0.146 e. The van der Waals surface area contributed by atoms with Crippen molar-refractivity contribution in [3.8, 4) is 11.5 Å². The van der Waals surface area contributed by atoms with E-state index in [1.807, 2.05) is 24.4 Å². The topological polar surface area (TPSA) is 56.7 Å². The first-order chi connectivity index (χ1) is 22.9. The molecule has 10 aromatic rings. The van der Waals surface area contributed by atoms with E-state index >= 15 is 0 Å². The highest BCUT2D eigenvalue weighted by Gasteiger charge is 2.23. The highest BCUT2D eigenvalue weighted by molar-refractivity contribution is 6.15. The highest BCUT2D eigenvalue weighted by atomic mass is 16.5. The molecule has 0 aliphatic carbocycles. The zero-order valence-corrected chi connectivity index (χ0v) is 26.2. The number of hydrogen-bond donors (Lipinski definition) is 0. The lowest BCUT2D eigenvalue weighted by Crippen LogP contribution is -2.13. The van der Waals surface area contributed by atoms with E-state index in [9.17, 15) is 0 Å². The summed E-state index contributed by atoms with van der Waals surface area (Å²) >= 11 is 0. The molecule has 0 aliphatic heterocycles. The molecular formula is C41H29N5O. The Hall–Kier alpha value is -6.01. The Balaban J connectivity index is 1.21. The van der Waals surface area contributed by atoms with Crippen LogP contribution < -0.4 is 4.74 Å². The number of pyridine rings is 3. The quantitative estimate of drug-likeness (QED) is 0.184. The van der Waals surface area contributed by atoms with Crippen molar-refractivity contribution in [3.05, 3.63) is 127 Å². The fourth-order valence-electron chi connectivity index (χ4n) is 7.40. The molecule has 10 rings (SSSR count). The third-order valence-electron chi connectivity index (χ3n) is 9.46. The average Bonchev–Trinajstić information content (AvgIpc) is 3.68. The molecule has 0 aliphatic rings. The largest absolute Gasteiger partial charge is 0.457 e. The van der Waals surface area contributed by atoms with E-state index in [-0.39, 0.29) is 5.41 Å². The van der Waals surface area contributed by atoms with Gasteiger partial charge in [-0.25, -0.2) is 9.97 Å². The SMILES string of the molecule is CC(C)(C)c1cccc2c3ccc(Oc4ccc5c(c4)c4nc6ccccc6n4c4cccnc54)cc3c3nc4ccccc4n3c12. The second-order valence-electron chi connectivity index (χ2n) is 13.4. The fraction of sp³-hybridized carbons (Fsp3) is 0.0976. The summed E-state index contributed by atoms with van der Waals surface area (Å²) in [5, 5.41) is 5.45. The van der Waals surface area contributed by atoms with Crippen molar-refractivity contribution in [1.82, 2.24) is 23.8 Å². The van der Waals surface area contributed by atoms with E-state index < -0.39 is 0 Å². The molecule has 6 nitrogen and oxygen atoms in total. The molecule has 5 aromatic carbocycles. The summed E-state index contributed by atoms with van der Waals surface area (Å²) in [7, 11) is 0. The Morgan fingerprint density at radius 3 is 1.87 bits per heavy atom. The minimum absolute atomic E-state index is 0.0441. The molecule has 0 unspecified atom stereocenters. The summed E-state index contributed by atoms with van der Waals surface area (Å²) in [6.07, 6.45) is 1.85. The number of aromatic nitrogens is 5. The molecule has 0 fully saturated rings. The maximum atomic E-state index is 6.65. The Morgan fingerprint density at radius 1 is 0.532 bits per heavy atom. The monoisotopic (exact) mass is 607 g/mol. The molecule has 0 saturated heterocycles. The van der Waals surface area contributed by atoms with Crippen molar-refractivity contribution in [3.63, 3.8) is 0 Å². The van der Waals surface area contributed by atoms with Crippen LogP contribution in [0.2, 0.25) is 0 Å². The first-order valence-corrected chi connectivity index (χ1v) is 16.0. The van der Waals surface area contributed by atoms with E-state index in [1.54, 1.807) is 0 Å². The Labute approximate surface area is 269 Å². The fourth-order valence-corrected chi connectivity index (χ4v) is 7.40. The third-order valence-corrected chi connectivity index (χ3v) is 9.46. The molecular weight excluding hydrogens is 578 g/mol. The predicted molar refractivity (Wildman–Crippen MR) is 192 cm³/mol. The van der Waals surface area contributed by atoms with E-state index in [2.05, 4.69) is 127 Å². The summed E-state index contributed by atoms with van der Waals surface area (Å²) in [4.78, 5) is 15.0. The summed E-state index contributed by atoms with van der Waals surface area (Å²) in [5.41, 5.74) is 10.3. The van der Waals surface area contributed by atoms with Gasteiger partial charge in [0.1, 0.15) is 22.8 Å². The van der Waals surface area contributed by atoms with Crippen LogP contribution in [0.3, 0.4) is 0 Å². The Bertz CT molecular complexity index is 2930. The lowest BCUT2D eigenvalue weighted by Gasteiger charge is -2.23. The van der Waals surface area contributed by atoms with Crippen molar-refractivity contribution in [2.75, 3.05) is 0 Å². The van der Waals surface area contributed by atoms with Crippen molar-refractivity contribution in [2.45, 2.75) is 26.2 Å². The minimum atomic E-state index is -0.0441. The minimum Gasteiger partial charge on any atom is -0.457 e. The lowest BCUT2D eigenvalue weighted by molar-refractivity contribution is 0.484. The van der Waals surface area contributed by atoms with Crippen LogP contribution >= 0.6 is 0 Å². The van der Waals surface area contributed by atoms with Crippen LogP contribution in [0, 0.1) is 0 Å². The van der Waals surface area contributed by atoms with Crippen LogP contribution in [0.4, 0.5) is 0 Å². The normalized spacial score (nSPS) is 12.6. The van der Waals surface area contributed by atoms with Gasteiger partial charge in [-0.15, -0.1) is 0 Å². The van der Waals surface area contributed by atoms with Crippen molar-refractivity contribution >= 4 is 76.8 Å². The molecule has 0 saturated carbocycles. The molecule has 0 N–H and O–H groups in total. The molecule has 0 bridgehead atoms. The Morgan fingerprint density at radius 2 is 1.15 bits per heavy atom. The third kappa shape index (κ3) is 3.69. The number of rotatable bonds is 2. The summed E-state index contributed by atoms with van der Waals surface area (Å²) in [6.45, 7) is 6.82. The first kappa shape index (κ1) is 26.2. The second kappa shape index (κ2) is 9.27. The van der Waals surface area contributed by atoms with E-state index in [0.29, 0.717) is 0 Å². The molecule has 0 amide bonds. The zero-order chi connectivity index (χ0) is 31.4. The lowest BCUT2D eigenvalue weighted by atomic mass is 9.84. The van der Waals surface area contributed by atoms with E-state index in [4.69, 9.17) is 19.7 Å².